The lowest BCUT2D eigenvalue weighted by atomic mass is 9.88. The van der Waals surface area contributed by atoms with E-state index >= 15 is 0 Å². The summed E-state index contributed by atoms with van der Waals surface area (Å²) >= 11 is 0. The number of Topliss-reactive ketones (excluding diaryl/α,β-unsaturated/α-hetero) is 1. The smallest absolute Gasteiger partial charge is 0.167 e. The van der Waals surface area contributed by atoms with Gasteiger partial charge in [-0.25, -0.2) is 0 Å². The number of carbonyl (C=O) groups excluding carboxylic acids is 1. The summed E-state index contributed by atoms with van der Waals surface area (Å²) in [5.74, 6) is 0.0482. The average molecular weight is 408 g/mol. The van der Waals surface area contributed by atoms with Gasteiger partial charge in [0.1, 0.15) is 0 Å². The quantitative estimate of drug-likeness (QED) is 0.452. The summed E-state index contributed by atoms with van der Waals surface area (Å²) in [7, 11) is 0. The maximum atomic E-state index is 12.7. The molecule has 154 valence electrons. The Kier molecular flexibility index (Phi) is 5.97. The van der Waals surface area contributed by atoms with Gasteiger partial charge in [0.25, 0.3) is 0 Å². The molecule has 0 spiro atoms. The van der Waals surface area contributed by atoms with Crippen molar-refractivity contribution in [1.29, 1.82) is 5.26 Å². The number of ketones is 1. The maximum Gasteiger partial charge on any atom is 0.167 e. The van der Waals surface area contributed by atoms with Crippen molar-refractivity contribution in [2.75, 3.05) is 12.3 Å². The Bertz CT molecular complexity index is 1160. The summed E-state index contributed by atoms with van der Waals surface area (Å²) in [5, 5.41) is 9.39. The molecule has 0 aromatic heterocycles. The van der Waals surface area contributed by atoms with Gasteiger partial charge in [-0.05, 0) is 33.9 Å². The average Bonchev–Trinajstić information content (AvgIpc) is 2.78. The second-order valence-corrected chi connectivity index (χ2v) is 7.97. The first-order valence-electron chi connectivity index (χ1n) is 10.4. The number of fused-ring (bicyclic) bond motifs is 1. The van der Waals surface area contributed by atoms with E-state index in [0.717, 1.165) is 34.4 Å². The molecule has 0 bridgehead atoms. The standard InChI is InChI=1S/C27H25N3O/c1-19-17-30(26(14-15-28)24-8-4-3-7-23(19)24)18-20-10-12-21(13-11-20)27(31)16-22-6-2-5-9-25(22)29/h2-13,26H,1,14,16-18,29H2. The molecule has 1 aliphatic heterocycles. The van der Waals surface area contributed by atoms with Gasteiger partial charge in [0.15, 0.2) is 5.78 Å². The van der Waals surface area contributed by atoms with Crippen molar-refractivity contribution in [3.8, 4) is 6.07 Å². The molecule has 1 heterocycles. The summed E-state index contributed by atoms with van der Waals surface area (Å²) in [4.78, 5) is 15.0. The van der Waals surface area contributed by atoms with Crippen LogP contribution in [0.1, 0.15) is 45.1 Å². The molecule has 3 aromatic carbocycles. The second kappa shape index (κ2) is 8.99. The van der Waals surface area contributed by atoms with Crippen molar-refractivity contribution in [1.82, 2.24) is 4.90 Å². The third-order valence-corrected chi connectivity index (χ3v) is 5.89. The van der Waals surface area contributed by atoms with E-state index in [1.807, 2.05) is 60.7 Å². The third kappa shape index (κ3) is 4.42. The number of nitrogens with two attached hydrogens (primary N) is 1. The van der Waals surface area contributed by atoms with Crippen LogP contribution in [0.3, 0.4) is 0 Å². The Morgan fingerprint density at radius 3 is 2.52 bits per heavy atom. The van der Waals surface area contributed by atoms with Gasteiger partial charge in [0.2, 0.25) is 0 Å². The lowest BCUT2D eigenvalue weighted by Crippen LogP contribution is -2.34. The van der Waals surface area contributed by atoms with Crippen molar-refractivity contribution >= 4 is 17.0 Å². The molecular formula is C27H25N3O. The number of nitrogens with zero attached hydrogens (tertiary/aromatic N) is 2. The number of benzene rings is 3. The van der Waals surface area contributed by atoms with Crippen LogP contribution in [0.25, 0.3) is 5.57 Å². The zero-order valence-electron chi connectivity index (χ0n) is 17.4. The number of anilines is 1. The summed E-state index contributed by atoms with van der Waals surface area (Å²) in [6, 6.07) is 25.8. The van der Waals surface area contributed by atoms with Crippen LogP contribution in [0.4, 0.5) is 5.69 Å². The zero-order valence-corrected chi connectivity index (χ0v) is 17.4. The Morgan fingerprint density at radius 1 is 1.06 bits per heavy atom. The van der Waals surface area contributed by atoms with Crippen LogP contribution in [-0.4, -0.2) is 17.2 Å². The fourth-order valence-electron chi connectivity index (χ4n) is 4.24. The topological polar surface area (TPSA) is 70.1 Å². The Hall–Kier alpha value is -3.68. The molecular weight excluding hydrogens is 382 g/mol. The molecule has 1 unspecified atom stereocenters. The maximum absolute atomic E-state index is 12.7. The van der Waals surface area contributed by atoms with Gasteiger partial charge in [0.05, 0.1) is 12.5 Å². The lowest BCUT2D eigenvalue weighted by Gasteiger charge is -2.37. The summed E-state index contributed by atoms with van der Waals surface area (Å²) in [6.07, 6.45) is 0.721. The minimum Gasteiger partial charge on any atom is -0.398 e. The van der Waals surface area contributed by atoms with Gasteiger partial charge in [-0.2, -0.15) is 5.26 Å². The van der Waals surface area contributed by atoms with Crippen LogP contribution < -0.4 is 5.73 Å². The van der Waals surface area contributed by atoms with Gasteiger partial charge in [0, 0.05) is 36.8 Å². The highest BCUT2D eigenvalue weighted by molar-refractivity contribution is 5.98. The van der Waals surface area contributed by atoms with E-state index in [0.29, 0.717) is 30.6 Å². The van der Waals surface area contributed by atoms with Crippen molar-refractivity contribution in [3.05, 3.63) is 107 Å². The summed E-state index contributed by atoms with van der Waals surface area (Å²) < 4.78 is 0. The molecule has 0 fully saturated rings. The number of hydrogen-bond donors (Lipinski definition) is 1. The van der Waals surface area contributed by atoms with Crippen molar-refractivity contribution in [2.24, 2.45) is 0 Å². The molecule has 4 heteroatoms. The molecule has 0 radical (unpaired) electrons. The van der Waals surface area contributed by atoms with E-state index in [9.17, 15) is 10.1 Å². The molecule has 3 aromatic rings. The number of carbonyl (C=O) groups is 1. The van der Waals surface area contributed by atoms with Gasteiger partial charge in [-0.15, -0.1) is 0 Å². The van der Waals surface area contributed by atoms with Gasteiger partial charge in [-0.1, -0.05) is 73.3 Å². The first-order valence-corrected chi connectivity index (χ1v) is 10.4. The summed E-state index contributed by atoms with van der Waals surface area (Å²) in [5.41, 5.74) is 12.6. The molecule has 1 atom stereocenters. The van der Waals surface area contributed by atoms with E-state index < -0.39 is 0 Å². The highest BCUT2D eigenvalue weighted by Gasteiger charge is 2.28. The minimum atomic E-state index is 0.0362. The molecule has 0 amide bonds. The normalized spacial score (nSPS) is 15.8. The van der Waals surface area contributed by atoms with Crippen LogP contribution in [0, 0.1) is 11.3 Å². The molecule has 1 aliphatic rings. The Labute approximate surface area is 183 Å². The minimum absolute atomic E-state index is 0.0362. The zero-order chi connectivity index (χ0) is 21.8. The van der Waals surface area contributed by atoms with Crippen LogP contribution in [0.2, 0.25) is 0 Å². The lowest BCUT2D eigenvalue weighted by molar-refractivity contribution is 0.0993. The van der Waals surface area contributed by atoms with Crippen molar-refractivity contribution in [3.63, 3.8) is 0 Å². The van der Waals surface area contributed by atoms with E-state index in [1.54, 1.807) is 0 Å². The fourth-order valence-corrected chi connectivity index (χ4v) is 4.24. The predicted molar refractivity (Wildman–Crippen MR) is 124 cm³/mol. The molecule has 31 heavy (non-hydrogen) atoms. The molecule has 0 saturated heterocycles. The van der Waals surface area contributed by atoms with E-state index in [-0.39, 0.29) is 11.8 Å². The Morgan fingerprint density at radius 2 is 1.77 bits per heavy atom. The SMILES string of the molecule is C=C1CN(Cc2ccc(C(=O)Cc3ccccc3N)cc2)C(CC#N)c2ccccc21. The highest BCUT2D eigenvalue weighted by Crippen LogP contribution is 2.37. The number of nitriles is 1. The third-order valence-electron chi connectivity index (χ3n) is 5.89. The number of rotatable bonds is 6. The van der Waals surface area contributed by atoms with Crippen LogP contribution in [0.15, 0.2) is 79.4 Å². The van der Waals surface area contributed by atoms with Crippen LogP contribution in [-0.2, 0) is 13.0 Å². The monoisotopic (exact) mass is 407 g/mol. The first kappa shape index (κ1) is 20.6. The molecule has 4 rings (SSSR count). The number of hydrogen-bond acceptors (Lipinski definition) is 4. The molecule has 2 N–H and O–H groups in total. The van der Waals surface area contributed by atoms with E-state index in [4.69, 9.17) is 5.73 Å². The van der Waals surface area contributed by atoms with Crippen LogP contribution in [0.5, 0.6) is 0 Å². The van der Waals surface area contributed by atoms with E-state index in [2.05, 4.69) is 29.7 Å². The molecule has 0 aliphatic carbocycles. The van der Waals surface area contributed by atoms with Crippen LogP contribution >= 0.6 is 0 Å². The van der Waals surface area contributed by atoms with Gasteiger partial charge >= 0.3 is 0 Å². The van der Waals surface area contributed by atoms with Gasteiger partial charge < -0.3 is 5.73 Å². The van der Waals surface area contributed by atoms with Gasteiger partial charge in [-0.3, -0.25) is 9.69 Å². The Balaban J connectivity index is 1.50. The number of para-hydroxylation sites is 1. The molecule has 4 nitrogen and oxygen atoms in total. The van der Waals surface area contributed by atoms with Crippen molar-refractivity contribution in [2.45, 2.75) is 25.4 Å². The fraction of sp³-hybridized carbons (Fsp3) is 0.185. The van der Waals surface area contributed by atoms with E-state index in [1.165, 1.54) is 0 Å². The second-order valence-electron chi connectivity index (χ2n) is 7.97. The largest absolute Gasteiger partial charge is 0.398 e. The summed E-state index contributed by atoms with van der Waals surface area (Å²) in [6.45, 7) is 5.66. The molecule has 0 saturated carbocycles. The number of nitrogen functional groups attached to an aromatic ring is 1. The first-order chi connectivity index (χ1) is 15.1. The van der Waals surface area contributed by atoms with Crippen molar-refractivity contribution < 1.29 is 4.79 Å². The highest BCUT2D eigenvalue weighted by atomic mass is 16.1. The predicted octanol–water partition coefficient (Wildman–Crippen LogP) is 5.18.